The molecule has 0 spiro atoms. The monoisotopic (exact) mass is 422 g/mol. The Morgan fingerprint density at radius 3 is 1.18 bits per heavy atom. The molecule has 0 saturated carbocycles. The van der Waals surface area contributed by atoms with Crippen molar-refractivity contribution < 1.29 is 47.1 Å². The van der Waals surface area contributed by atoms with Gasteiger partial charge >= 0.3 is 153 Å². The van der Waals surface area contributed by atoms with E-state index >= 15 is 0 Å². The summed E-state index contributed by atoms with van der Waals surface area (Å²) in [6, 6.07) is 0. The van der Waals surface area contributed by atoms with Gasteiger partial charge in [0, 0.05) is 0 Å². The summed E-state index contributed by atoms with van der Waals surface area (Å²) in [6.07, 6.45) is 0. The van der Waals surface area contributed by atoms with Crippen LogP contribution in [-0.2, 0) is 3.80 Å². The topological polar surface area (TPSA) is 26.3 Å². The molecule has 0 aliphatic heterocycles. The molecule has 0 aliphatic carbocycles. The normalized spacial score (nSPS) is 11.8. The van der Waals surface area contributed by atoms with Crippen LogP contribution < -0.4 is 3.79 Å². The van der Waals surface area contributed by atoms with Crippen molar-refractivity contribution in [1.29, 1.82) is 0 Å². The van der Waals surface area contributed by atoms with Crippen LogP contribution in [0.4, 0.5) is 39.5 Å². The molecule has 142 valence electrons. The summed E-state index contributed by atoms with van der Waals surface area (Å²) in [7, 11) is 0. The molecule has 12 heteroatoms. The standard InChI is InChI=1S/C16HF9O.Al.O/c17-7-3-1-2-5(8(7)18)12(22)15(25)16(26)6(2)13(23)9(19)4(1)11(21)14(24)10(3)20;;/h26H;;/q;+1;/p-1. The average Bonchev–Trinajstić information content (AvgIpc) is 2.66. The first-order valence-electron chi connectivity index (χ1n) is 7.13. The minimum absolute atomic E-state index is 1.21. The Balaban J connectivity index is 2.57. The van der Waals surface area contributed by atoms with Crippen LogP contribution in [0.15, 0.2) is 0 Å². The van der Waals surface area contributed by atoms with Gasteiger partial charge in [-0.1, -0.05) is 0 Å². The Labute approximate surface area is 153 Å². The second kappa shape index (κ2) is 5.96. The van der Waals surface area contributed by atoms with Crippen LogP contribution in [0.25, 0.3) is 32.3 Å². The van der Waals surface area contributed by atoms with Crippen LogP contribution in [0, 0.1) is 52.4 Å². The molecule has 0 N–H and O–H groups in total. The molecule has 4 aromatic rings. The van der Waals surface area contributed by atoms with Crippen LogP contribution in [0.5, 0.6) is 5.75 Å². The van der Waals surface area contributed by atoms with Crippen molar-refractivity contribution in [3.63, 3.8) is 0 Å². The molecule has 0 aliphatic rings. The first kappa shape index (κ1) is 18.8. The fraction of sp³-hybridized carbons (Fsp3) is 0. The number of hydrogen-bond acceptors (Lipinski definition) is 2. The molecule has 0 amide bonds. The van der Waals surface area contributed by atoms with Crippen LogP contribution in [0.1, 0.15) is 0 Å². The number of rotatable bonds is 2. The predicted molar refractivity (Wildman–Crippen MR) is 76.8 cm³/mol. The van der Waals surface area contributed by atoms with Crippen LogP contribution >= 0.6 is 0 Å². The van der Waals surface area contributed by atoms with Gasteiger partial charge in [0.25, 0.3) is 0 Å². The molecule has 0 atom stereocenters. The molecule has 0 aromatic heterocycles. The maximum absolute atomic E-state index is 14.5. The summed E-state index contributed by atoms with van der Waals surface area (Å²) < 4.78 is 143. The van der Waals surface area contributed by atoms with E-state index < -0.39 is 106 Å². The Kier molecular flexibility index (Phi) is 3.99. The molecule has 0 radical (unpaired) electrons. The zero-order chi connectivity index (χ0) is 20.7. The summed E-state index contributed by atoms with van der Waals surface area (Å²) >= 11 is -2.38. The summed E-state index contributed by atoms with van der Waals surface area (Å²) in [5.74, 6) is -21.7. The van der Waals surface area contributed by atoms with Gasteiger partial charge in [-0.25, -0.2) is 0 Å². The molecule has 4 aromatic carbocycles. The van der Waals surface area contributed by atoms with Crippen LogP contribution in [0.2, 0.25) is 0 Å². The average molecular weight is 422 g/mol. The van der Waals surface area contributed by atoms with Gasteiger partial charge in [-0.05, 0) is 0 Å². The second-order valence-electron chi connectivity index (χ2n) is 5.62. The van der Waals surface area contributed by atoms with E-state index in [1.165, 1.54) is 0 Å². The van der Waals surface area contributed by atoms with E-state index in [2.05, 4.69) is 3.79 Å². The van der Waals surface area contributed by atoms with Gasteiger partial charge in [-0.15, -0.1) is 0 Å². The van der Waals surface area contributed by atoms with Crippen molar-refractivity contribution in [2.75, 3.05) is 0 Å². The predicted octanol–water partition coefficient (Wildman–Crippen LogP) is 5.18. The molecule has 4 rings (SSSR count). The molecule has 0 saturated heterocycles. The van der Waals surface area contributed by atoms with E-state index in [0.717, 1.165) is 0 Å². The van der Waals surface area contributed by atoms with Gasteiger partial charge in [-0.2, -0.15) is 0 Å². The number of hydrogen-bond donors (Lipinski definition) is 0. The van der Waals surface area contributed by atoms with Gasteiger partial charge in [0.15, 0.2) is 0 Å². The summed E-state index contributed by atoms with van der Waals surface area (Å²) in [4.78, 5) is 0. The van der Waals surface area contributed by atoms with E-state index in [4.69, 9.17) is 0 Å². The SMILES string of the molecule is [O]=[Al][O]c1c(F)c(F)c2c(F)c(F)c3c(F)c(F)c(F)c4c(F)c(F)c1c2c34. The summed E-state index contributed by atoms with van der Waals surface area (Å²) in [5, 5.41) is -8.76. The Bertz CT molecular complexity index is 1330. The third kappa shape index (κ3) is 2.02. The van der Waals surface area contributed by atoms with E-state index in [9.17, 15) is 43.3 Å². The van der Waals surface area contributed by atoms with Crippen LogP contribution in [0.3, 0.4) is 0 Å². The van der Waals surface area contributed by atoms with Crippen molar-refractivity contribution in [3.05, 3.63) is 52.4 Å². The summed E-state index contributed by atoms with van der Waals surface area (Å²) in [5.41, 5.74) is 0. The van der Waals surface area contributed by atoms with E-state index in [1.807, 2.05) is 0 Å². The van der Waals surface area contributed by atoms with Crippen molar-refractivity contribution in [1.82, 2.24) is 0 Å². The molecular formula is C16AlF9O2. The third-order valence-electron chi connectivity index (χ3n) is 4.34. The van der Waals surface area contributed by atoms with Crippen molar-refractivity contribution >= 4 is 47.8 Å². The van der Waals surface area contributed by atoms with Gasteiger partial charge < -0.3 is 0 Å². The summed E-state index contributed by atoms with van der Waals surface area (Å²) in [6.45, 7) is 0. The van der Waals surface area contributed by atoms with Gasteiger partial charge in [0.1, 0.15) is 0 Å². The minimum atomic E-state index is -2.44. The number of halogens is 9. The molecule has 0 fully saturated rings. The molecule has 0 bridgehead atoms. The van der Waals surface area contributed by atoms with Gasteiger partial charge in [0.05, 0.1) is 0 Å². The van der Waals surface area contributed by atoms with Crippen molar-refractivity contribution in [2.24, 2.45) is 0 Å². The quantitative estimate of drug-likeness (QED) is 0.193. The van der Waals surface area contributed by atoms with E-state index in [0.29, 0.717) is 0 Å². The van der Waals surface area contributed by atoms with Crippen molar-refractivity contribution in [2.45, 2.75) is 0 Å². The molecular weight excluding hydrogens is 422 g/mol. The zero-order valence-electron chi connectivity index (χ0n) is 12.8. The Morgan fingerprint density at radius 1 is 0.429 bits per heavy atom. The first-order chi connectivity index (χ1) is 13.1. The second-order valence-corrected chi connectivity index (χ2v) is 6.05. The first-order valence-corrected chi connectivity index (χ1v) is 8.07. The van der Waals surface area contributed by atoms with E-state index in [1.54, 1.807) is 0 Å². The Hall–Kier alpha value is -2.58. The number of benzene rings is 4. The molecule has 0 heterocycles. The van der Waals surface area contributed by atoms with E-state index in [-0.39, 0.29) is 0 Å². The maximum atomic E-state index is 14.5. The third-order valence-corrected chi connectivity index (χ3v) is 4.67. The fourth-order valence-corrected chi connectivity index (χ4v) is 3.57. The fourth-order valence-electron chi connectivity index (χ4n) is 3.25. The molecule has 2 nitrogen and oxygen atoms in total. The van der Waals surface area contributed by atoms with Gasteiger partial charge in [0.2, 0.25) is 0 Å². The van der Waals surface area contributed by atoms with Crippen molar-refractivity contribution in [3.8, 4) is 5.75 Å². The Morgan fingerprint density at radius 2 is 0.750 bits per heavy atom. The molecule has 0 unspecified atom stereocenters. The molecule has 28 heavy (non-hydrogen) atoms. The zero-order valence-corrected chi connectivity index (χ0v) is 14.0. The van der Waals surface area contributed by atoms with Crippen LogP contribution in [-0.4, -0.2) is 15.5 Å². The van der Waals surface area contributed by atoms with Gasteiger partial charge in [-0.3, -0.25) is 0 Å².